The highest BCUT2D eigenvalue weighted by atomic mass is 19.1. The van der Waals surface area contributed by atoms with Gasteiger partial charge in [-0.15, -0.1) is 0 Å². The Morgan fingerprint density at radius 3 is 2.54 bits per heavy atom. The fourth-order valence-electron chi connectivity index (χ4n) is 2.13. The van der Waals surface area contributed by atoms with Gasteiger partial charge in [-0.05, 0) is 30.3 Å². The molecule has 2 aromatic carbocycles. The molecule has 1 heterocycles. The molecule has 118 valence electrons. The highest BCUT2D eigenvalue weighted by Crippen LogP contribution is 2.30. The Morgan fingerprint density at radius 1 is 1.00 bits per heavy atom. The largest absolute Gasteiger partial charge is 0.506 e. The molecule has 0 saturated heterocycles. The van der Waals surface area contributed by atoms with E-state index in [0.29, 0.717) is 5.69 Å². The zero-order chi connectivity index (χ0) is 17.1. The molecule has 0 spiro atoms. The minimum atomic E-state index is -0.766. The first-order valence-corrected chi connectivity index (χ1v) is 6.94. The number of hydrogen-bond acceptors (Lipinski definition) is 5. The molecule has 0 aliphatic carbocycles. The first-order valence-electron chi connectivity index (χ1n) is 6.94. The van der Waals surface area contributed by atoms with E-state index in [1.807, 2.05) is 6.07 Å². The summed E-state index contributed by atoms with van der Waals surface area (Å²) in [6.07, 6.45) is 0. The third kappa shape index (κ3) is 2.96. The topological polar surface area (TPSA) is 86.4 Å². The number of benzene rings is 2. The summed E-state index contributed by atoms with van der Waals surface area (Å²) < 4.78 is 19.5. The van der Waals surface area contributed by atoms with Crippen LogP contribution in [-0.2, 0) is 0 Å². The Bertz CT molecular complexity index is 951. The van der Waals surface area contributed by atoms with E-state index in [1.54, 1.807) is 18.2 Å². The van der Waals surface area contributed by atoms with E-state index in [2.05, 4.69) is 4.98 Å². The summed E-state index contributed by atoms with van der Waals surface area (Å²) in [6, 6.07) is 15.1. The van der Waals surface area contributed by atoms with Crippen molar-refractivity contribution in [1.29, 1.82) is 5.26 Å². The Kier molecular flexibility index (Phi) is 4.00. The van der Waals surface area contributed by atoms with Gasteiger partial charge in [0.1, 0.15) is 17.6 Å². The molecule has 5 nitrogen and oxygen atoms in total. The van der Waals surface area contributed by atoms with E-state index >= 15 is 0 Å². The van der Waals surface area contributed by atoms with Gasteiger partial charge in [0.2, 0.25) is 5.88 Å². The standard InChI is InChI=1S/C18H11FN2O3/c19-18-13(3-1-5-15(18)22)14-4-2-6-17(21-14)24-12-8-7-11(10-20)16(23)9-12/h1-9,22-23H. The molecule has 0 unspecified atom stereocenters. The highest BCUT2D eigenvalue weighted by molar-refractivity contribution is 5.62. The quantitative estimate of drug-likeness (QED) is 0.762. The van der Waals surface area contributed by atoms with Gasteiger partial charge >= 0.3 is 0 Å². The SMILES string of the molecule is N#Cc1ccc(Oc2cccc(-c3cccc(O)c3F)n2)cc1O. The summed E-state index contributed by atoms with van der Waals surface area (Å²) in [5.74, 6) is -0.965. The lowest BCUT2D eigenvalue weighted by atomic mass is 10.1. The average Bonchev–Trinajstić information content (AvgIpc) is 2.58. The molecule has 0 saturated carbocycles. The second kappa shape index (κ2) is 6.26. The maximum absolute atomic E-state index is 14.0. The van der Waals surface area contributed by atoms with E-state index in [9.17, 15) is 14.6 Å². The Hall–Kier alpha value is -3.59. The second-order valence-electron chi connectivity index (χ2n) is 4.89. The lowest BCUT2D eigenvalue weighted by molar-refractivity contribution is 0.433. The van der Waals surface area contributed by atoms with Crippen LogP contribution in [0.2, 0.25) is 0 Å². The van der Waals surface area contributed by atoms with Crippen LogP contribution in [0.15, 0.2) is 54.6 Å². The van der Waals surface area contributed by atoms with Crippen molar-refractivity contribution in [2.75, 3.05) is 0 Å². The van der Waals surface area contributed by atoms with E-state index in [0.717, 1.165) is 0 Å². The number of ether oxygens (including phenoxy) is 1. The smallest absolute Gasteiger partial charge is 0.219 e. The van der Waals surface area contributed by atoms with Crippen molar-refractivity contribution in [3.63, 3.8) is 0 Å². The molecule has 0 aliphatic heterocycles. The molecule has 1 aromatic heterocycles. The summed E-state index contributed by atoms with van der Waals surface area (Å²) in [7, 11) is 0. The maximum atomic E-state index is 14.0. The summed E-state index contributed by atoms with van der Waals surface area (Å²) in [4.78, 5) is 4.19. The third-order valence-corrected chi connectivity index (χ3v) is 3.29. The number of phenols is 2. The molecular weight excluding hydrogens is 311 g/mol. The van der Waals surface area contributed by atoms with Gasteiger partial charge in [-0.2, -0.15) is 5.26 Å². The first kappa shape index (κ1) is 15.3. The molecule has 3 aromatic rings. The Morgan fingerprint density at radius 2 is 1.79 bits per heavy atom. The Labute approximate surface area is 136 Å². The van der Waals surface area contributed by atoms with Crippen LogP contribution in [0.5, 0.6) is 23.1 Å². The number of nitrogens with zero attached hydrogens (tertiary/aromatic N) is 2. The van der Waals surface area contributed by atoms with Crippen molar-refractivity contribution >= 4 is 0 Å². The van der Waals surface area contributed by atoms with Crippen LogP contribution >= 0.6 is 0 Å². The van der Waals surface area contributed by atoms with E-state index in [4.69, 9.17) is 10.00 Å². The normalized spacial score (nSPS) is 10.2. The zero-order valence-electron chi connectivity index (χ0n) is 12.3. The predicted molar refractivity (Wildman–Crippen MR) is 84.2 cm³/mol. The number of phenolic OH excluding ortho intramolecular Hbond substituents is 2. The van der Waals surface area contributed by atoms with Crippen LogP contribution in [-0.4, -0.2) is 15.2 Å². The molecule has 0 fully saturated rings. The number of aromatic nitrogens is 1. The molecule has 24 heavy (non-hydrogen) atoms. The summed E-state index contributed by atoms with van der Waals surface area (Å²) in [6.45, 7) is 0. The van der Waals surface area contributed by atoms with Crippen molar-refractivity contribution in [3.05, 3.63) is 66.0 Å². The van der Waals surface area contributed by atoms with Crippen LogP contribution in [0.3, 0.4) is 0 Å². The molecule has 3 rings (SSSR count). The number of halogens is 1. The van der Waals surface area contributed by atoms with Crippen molar-refractivity contribution in [2.24, 2.45) is 0 Å². The van der Waals surface area contributed by atoms with Crippen molar-refractivity contribution < 1.29 is 19.3 Å². The van der Waals surface area contributed by atoms with Gasteiger partial charge in [-0.3, -0.25) is 0 Å². The molecule has 0 radical (unpaired) electrons. The third-order valence-electron chi connectivity index (χ3n) is 3.29. The summed E-state index contributed by atoms with van der Waals surface area (Å²) >= 11 is 0. The fourth-order valence-corrected chi connectivity index (χ4v) is 2.13. The maximum Gasteiger partial charge on any atom is 0.219 e. The Balaban J connectivity index is 1.93. The molecule has 0 aliphatic rings. The van der Waals surface area contributed by atoms with Crippen molar-refractivity contribution in [2.45, 2.75) is 0 Å². The van der Waals surface area contributed by atoms with Crippen LogP contribution < -0.4 is 4.74 Å². The van der Waals surface area contributed by atoms with E-state index in [-0.39, 0.29) is 28.5 Å². The van der Waals surface area contributed by atoms with Gasteiger partial charge in [-0.1, -0.05) is 12.1 Å². The molecular formula is C18H11FN2O3. The zero-order valence-corrected chi connectivity index (χ0v) is 12.3. The fraction of sp³-hybridized carbons (Fsp3) is 0. The second-order valence-corrected chi connectivity index (χ2v) is 4.89. The predicted octanol–water partition coefficient (Wildman–Crippen LogP) is 3.96. The molecule has 0 bridgehead atoms. The molecule has 2 N–H and O–H groups in total. The van der Waals surface area contributed by atoms with Crippen LogP contribution in [0, 0.1) is 17.1 Å². The minimum absolute atomic E-state index is 0.130. The van der Waals surface area contributed by atoms with Crippen LogP contribution in [0.1, 0.15) is 5.56 Å². The van der Waals surface area contributed by atoms with E-state index < -0.39 is 11.6 Å². The average molecular weight is 322 g/mol. The highest BCUT2D eigenvalue weighted by Gasteiger charge is 2.11. The van der Waals surface area contributed by atoms with Gasteiger partial charge in [0.15, 0.2) is 11.6 Å². The minimum Gasteiger partial charge on any atom is -0.506 e. The number of hydrogen-bond donors (Lipinski definition) is 2. The van der Waals surface area contributed by atoms with Gasteiger partial charge in [0.25, 0.3) is 0 Å². The van der Waals surface area contributed by atoms with Gasteiger partial charge < -0.3 is 14.9 Å². The monoisotopic (exact) mass is 322 g/mol. The lowest BCUT2D eigenvalue weighted by Gasteiger charge is -2.08. The van der Waals surface area contributed by atoms with Gasteiger partial charge in [-0.25, -0.2) is 9.37 Å². The number of pyridine rings is 1. The summed E-state index contributed by atoms with van der Waals surface area (Å²) in [5, 5.41) is 27.9. The van der Waals surface area contributed by atoms with Crippen molar-refractivity contribution in [1.82, 2.24) is 4.98 Å². The van der Waals surface area contributed by atoms with E-state index in [1.165, 1.54) is 36.4 Å². The number of nitriles is 1. The number of rotatable bonds is 3. The summed E-state index contributed by atoms with van der Waals surface area (Å²) in [5.41, 5.74) is 0.563. The van der Waals surface area contributed by atoms with Crippen LogP contribution in [0.25, 0.3) is 11.3 Å². The molecule has 0 atom stereocenters. The number of aromatic hydroxyl groups is 2. The molecule has 0 amide bonds. The first-order chi connectivity index (χ1) is 11.6. The van der Waals surface area contributed by atoms with Crippen LogP contribution in [0.4, 0.5) is 4.39 Å². The van der Waals surface area contributed by atoms with Gasteiger partial charge in [0, 0.05) is 17.7 Å². The lowest BCUT2D eigenvalue weighted by Crippen LogP contribution is -1.92. The van der Waals surface area contributed by atoms with Crippen molar-refractivity contribution in [3.8, 4) is 40.5 Å². The van der Waals surface area contributed by atoms with Gasteiger partial charge in [0.05, 0.1) is 11.3 Å². The molecule has 6 heteroatoms.